The quantitative estimate of drug-likeness (QED) is 0.109. The minimum atomic E-state index is -1.11. The number of ether oxygens (including phenoxy) is 1. The van der Waals surface area contributed by atoms with E-state index in [1.54, 1.807) is 11.8 Å². The summed E-state index contributed by atoms with van der Waals surface area (Å²) in [6.45, 7) is 0.592. The summed E-state index contributed by atoms with van der Waals surface area (Å²) in [6, 6.07) is 15.5. The molecule has 2 aromatic carbocycles. The lowest BCUT2D eigenvalue weighted by Gasteiger charge is -2.17. The monoisotopic (exact) mass is 668 g/mol. The number of alkyl carbamates (subject to hydrolysis) is 1. The maximum Gasteiger partial charge on any atom is 0.407 e. The Bertz CT molecular complexity index is 1330. The summed E-state index contributed by atoms with van der Waals surface area (Å²) in [5, 5.41) is 21.6. The highest BCUT2D eigenvalue weighted by atomic mass is 32.2. The van der Waals surface area contributed by atoms with Gasteiger partial charge in [-0.1, -0.05) is 61.4 Å². The minimum absolute atomic E-state index is 0.000852. The van der Waals surface area contributed by atoms with Gasteiger partial charge in [-0.05, 0) is 60.1 Å². The van der Waals surface area contributed by atoms with Gasteiger partial charge in [-0.3, -0.25) is 4.79 Å². The van der Waals surface area contributed by atoms with Crippen LogP contribution in [0, 0.1) is 0 Å². The number of rotatable bonds is 18. The van der Waals surface area contributed by atoms with Gasteiger partial charge in [0.05, 0.1) is 12.1 Å². The second-order valence-electron chi connectivity index (χ2n) is 12.0. The fourth-order valence-electron chi connectivity index (χ4n) is 6.47. The maximum absolute atomic E-state index is 12.5. The van der Waals surface area contributed by atoms with Crippen molar-refractivity contribution in [2.45, 2.75) is 80.7 Å². The number of carbonyl (C=O) groups excluding carboxylic acids is 3. The summed E-state index contributed by atoms with van der Waals surface area (Å²) in [5.74, 6) is 1.59. The molecule has 0 aromatic heterocycles. The first-order valence-corrected chi connectivity index (χ1v) is 18.5. The van der Waals surface area contributed by atoms with Crippen LogP contribution >= 0.6 is 23.5 Å². The zero-order valence-corrected chi connectivity index (χ0v) is 27.6. The van der Waals surface area contributed by atoms with E-state index >= 15 is 0 Å². The van der Waals surface area contributed by atoms with Crippen molar-refractivity contribution in [2.75, 3.05) is 30.4 Å². The molecule has 2 aliphatic heterocycles. The fourth-order valence-corrected chi connectivity index (χ4v) is 8.95. The van der Waals surface area contributed by atoms with Crippen LogP contribution in [-0.2, 0) is 14.3 Å². The van der Waals surface area contributed by atoms with E-state index in [0.717, 1.165) is 65.2 Å². The molecule has 46 heavy (non-hydrogen) atoms. The van der Waals surface area contributed by atoms with E-state index in [9.17, 15) is 24.3 Å². The lowest BCUT2D eigenvalue weighted by Crippen LogP contribution is -2.41. The topological polar surface area (TPSA) is 146 Å². The molecule has 2 heterocycles. The third-order valence-electron chi connectivity index (χ3n) is 8.86. The molecule has 1 aliphatic carbocycles. The van der Waals surface area contributed by atoms with Crippen molar-refractivity contribution >= 4 is 47.5 Å². The van der Waals surface area contributed by atoms with E-state index in [4.69, 9.17) is 4.74 Å². The average Bonchev–Trinajstić information content (AvgIpc) is 3.71. The second-order valence-corrected chi connectivity index (χ2v) is 14.5. The van der Waals surface area contributed by atoms with E-state index in [0.29, 0.717) is 31.1 Å². The van der Waals surface area contributed by atoms with Crippen LogP contribution in [-0.4, -0.2) is 82.9 Å². The molecule has 10 nitrogen and oxygen atoms in total. The number of hydrogen-bond acceptors (Lipinski definition) is 7. The molecule has 0 radical (unpaired) electrons. The molecule has 4 atom stereocenters. The number of unbranched alkanes of at least 4 members (excludes halogenated alkanes) is 3. The van der Waals surface area contributed by atoms with Crippen molar-refractivity contribution < 1.29 is 29.0 Å². The fraction of sp³-hybridized carbons (Fsp3) is 0.529. The molecule has 12 heteroatoms. The lowest BCUT2D eigenvalue weighted by molar-refractivity contribution is -0.139. The summed E-state index contributed by atoms with van der Waals surface area (Å²) in [5.41, 5.74) is 4.44. The molecule has 5 N–H and O–H groups in total. The smallest absolute Gasteiger partial charge is 0.407 e. The van der Waals surface area contributed by atoms with Crippen molar-refractivity contribution in [1.29, 1.82) is 0 Å². The summed E-state index contributed by atoms with van der Waals surface area (Å²) in [7, 11) is 0. The van der Waals surface area contributed by atoms with E-state index in [-0.39, 0.29) is 43.0 Å². The predicted octanol–water partition coefficient (Wildman–Crippen LogP) is 5.11. The largest absolute Gasteiger partial charge is 0.480 e. The number of carbonyl (C=O) groups is 4. The van der Waals surface area contributed by atoms with Gasteiger partial charge in [-0.25, -0.2) is 14.4 Å². The molecule has 0 unspecified atom stereocenters. The summed E-state index contributed by atoms with van der Waals surface area (Å²) >= 11 is 3.74. The Kier molecular flexibility index (Phi) is 12.5. The number of aliphatic carboxylic acids is 1. The molecule has 5 rings (SSSR count). The van der Waals surface area contributed by atoms with Gasteiger partial charge in [0.2, 0.25) is 5.91 Å². The number of urea groups is 1. The van der Waals surface area contributed by atoms with E-state index in [1.165, 1.54) is 0 Å². The van der Waals surface area contributed by atoms with Gasteiger partial charge in [0, 0.05) is 35.6 Å². The maximum atomic E-state index is 12.5. The van der Waals surface area contributed by atoms with Gasteiger partial charge in [-0.15, -0.1) is 0 Å². The van der Waals surface area contributed by atoms with Crippen molar-refractivity contribution in [3.8, 4) is 11.1 Å². The zero-order valence-electron chi connectivity index (χ0n) is 26.0. The van der Waals surface area contributed by atoms with Crippen molar-refractivity contribution in [3.05, 3.63) is 59.7 Å². The zero-order chi connectivity index (χ0) is 32.3. The molecular formula is C34H44N4O6S2. The normalized spacial score (nSPS) is 20.2. The van der Waals surface area contributed by atoms with Crippen LogP contribution in [0.5, 0.6) is 0 Å². The molecule has 248 valence electrons. The molecule has 0 saturated carbocycles. The van der Waals surface area contributed by atoms with Crippen molar-refractivity contribution in [3.63, 3.8) is 0 Å². The predicted molar refractivity (Wildman–Crippen MR) is 182 cm³/mol. The van der Waals surface area contributed by atoms with Crippen LogP contribution in [0.4, 0.5) is 9.59 Å². The number of hydrogen-bond donors (Lipinski definition) is 5. The first-order valence-electron chi connectivity index (χ1n) is 16.3. The van der Waals surface area contributed by atoms with Gasteiger partial charge in [0.25, 0.3) is 0 Å². The van der Waals surface area contributed by atoms with Crippen molar-refractivity contribution in [1.82, 2.24) is 21.3 Å². The highest BCUT2D eigenvalue weighted by Gasteiger charge is 2.42. The van der Waals surface area contributed by atoms with Crippen molar-refractivity contribution in [2.24, 2.45) is 0 Å². The number of fused-ring (bicyclic) bond motifs is 4. The number of amides is 4. The average molecular weight is 669 g/mol. The number of thioether (sulfide) groups is 2. The van der Waals surface area contributed by atoms with Crippen LogP contribution in [0.1, 0.15) is 68.4 Å². The molecule has 3 aliphatic rings. The van der Waals surface area contributed by atoms with Gasteiger partial charge >= 0.3 is 18.1 Å². The Morgan fingerprint density at radius 1 is 0.957 bits per heavy atom. The highest BCUT2D eigenvalue weighted by Crippen LogP contribution is 2.44. The third-order valence-corrected chi connectivity index (χ3v) is 11.4. The molecule has 0 spiro atoms. The highest BCUT2D eigenvalue weighted by molar-refractivity contribution is 8.00. The Balaban J connectivity index is 0.883. The number of benzene rings is 2. The Labute approximate surface area is 278 Å². The van der Waals surface area contributed by atoms with Crippen LogP contribution in [0.2, 0.25) is 0 Å². The summed E-state index contributed by atoms with van der Waals surface area (Å²) < 4.78 is 5.50. The van der Waals surface area contributed by atoms with Crippen LogP contribution in [0.3, 0.4) is 0 Å². The molecule has 2 aromatic rings. The third kappa shape index (κ3) is 9.12. The van der Waals surface area contributed by atoms with Crippen LogP contribution in [0.15, 0.2) is 48.5 Å². The second kappa shape index (κ2) is 17.0. The van der Waals surface area contributed by atoms with Gasteiger partial charge < -0.3 is 31.1 Å². The number of carboxylic acid groups (broad SMARTS) is 1. The molecule has 4 amide bonds. The summed E-state index contributed by atoms with van der Waals surface area (Å²) in [6.07, 6.45) is 5.68. The number of carboxylic acids is 1. The Morgan fingerprint density at radius 3 is 2.43 bits per heavy atom. The Morgan fingerprint density at radius 2 is 1.70 bits per heavy atom. The first-order chi connectivity index (χ1) is 22.4. The van der Waals surface area contributed by atoms with E-state index < -0.39 is 18.1 Å². The SMILES string of the molecule is O=C(CCSCCCCC[C@@H]1SC[C@@H]2NC(=O)N[C@@H]21)NCCCC[C@H](NC(=O)OCC1c2ccccc2-c2ccccc21)C(=O)O. The minimum Gasteiger partial charge on any atom is -0.480 e. The molecule has 2 saturated heterocycles. The van der Waals surface area contributed by atoms with Gasteiger partial charge in [0.15, 0.2) is 0 Å². The Hall–Kier alpha value is -3.38. The molecule has 0 bridgehead atoms. The van der Waals surface area contributed by atoms with Crippen LogP contribution < -0.4 is 21.3 Å². The molecular weight excluding hydrogens is 625 g/mol. The molecule has 2 fully saturated rings. The van der Waals surface area contributed by atoms with E-state index in [1.807, 2.05) is 48.2 Å². The standard InChI is InChI=1S/C34H44N4O6S2/c39-30(16-19-45-18-9-1-2-15-29-31-28(21-46-29)36-33(42)38-31)35-17-8-7-14-27(32(40)41)37-34(43)44-20-26-24-12-5-3-10-22(24)23-11-4-6-13-25(23)26/h3-6,10-13,26-29,31H,1-2,7-9,14-21H2,(H,35,39)(H,37,43)(H,40,41)(H2,36,38,42)/t27-,28-,29-,31-/m0/s1. The van der Waals surface area contributed by atoms with E-state index in [2.05, 4.69) is 33.4 Å². The first kappa shape index (κ1) is 34.0. The van der Waals surface area contributed by atoms with Crippen LogP contribution in [0.25, 0.3) is 11.1 Å². The number of nitrogens with one attached hydrogen (secondary N) is 4. The summed E-state index contributed by atoms with van der Waals surface area (Å²) in [4.78, 5) is 48.0. The van der Waals surface area contributed by atoms with Gasteiger partial charge in [-0.2, -0.15) is 23.5 Å². The lowest BCUT2D eigenvalue weighted by atomic mass is 9.98. The van der Waals surface area contributed by atoms with Gasteiger partial charge in [0.1, 0.15) is 12.6 Å².